The van der Waals surface area contributed by atoms with Crippen LogP contribution in [0.4, 0.5) is 0 Å². The summed E-state index contributed by atoms with van der Waals surface area (Å²) in [5.74, 6) is -0.443. The summed E-state index contributed by atoms with van der Waals surface area (Å²) >= 11 is 0.884. The monoisotopic (exact) mass is 216 g/mol. The second kappa shape index (κ2) is 4.28. The van der Waals surface area contributed by atoms with Crippen molar-refractivity contribution < 1.29 is 9.53 Å². The molecule has 1 N–H and O–H groups in total. The molecule has 0 atom stereocenters. The first-order valence-electron chi connectivity index (χ1n) is 4.19. The molecule has 1 rings (SSSR count). The molecule has 0 amide bonds. The van der Waals surface area contributed by atoms with Crippen LogP contribution in [-0.2, 0) is 4.74 Å². The van der Waals surface area contributed by atoms with Crippen LogP contribution >= 0.6 is 11.3 Å². The Hall–Kier alpha value is -1.30. The molecule has 0 fully saturated rings. The Morgan fingerprint density at radius 1 is 1.64 bits per heavy atom. The van der Waals surface area contributed by atoms with Gasteiger partial charge in [0.05, 0.1) is 12.3 Å². The lowest BCUT2D eigenvalue weighted by Crippen LogP contribution is -2.22. The van der Waals surface area contributed by atoms with Crippen LogP contribution in [0.25, 0.3) is 0 Å². The second-order valence-electron chi connectivity index (χ2n) is 2.56. The van der Waals surface area contributed by atoms with Crippen molar-refractivity contribution in [2.24, 2.45) is 0 Å². The van der Waals surface area contributed by atoms with E-state index in [0.29, 0.717) is 17.2 Å². The summed E-state index contributed by atoms with van der Waals surface area (Å²) in [6, 6.07) is 0. The van der Waals surface area contributed by atoms with E-state index in [1.54, 1.807) is 20.9 Å². The van der Waals surface area contributed by atoms with Gasteiger partial charge >= 0.3 is 10.8 Å². The van der Waals surface area contributed by atoms with E-state index >= 15 is 0 Å². The van der Waals surface area contributed by atoms with E-state index in [9.17, 15) is 9.59 Å². The Labute approximate surface area is 85.3 Å². The zero-order valence-corrected chi connectivity index (χ0v) is 9.10. The molecule has 0 saturated carbocycles. The maximum Gasteiger partial charge on any atom is 0.350 e. The highest BCUT2D eigenvalue weighted by molar-refractivity contribution is 7.11. The van der Waals surface area contributed by atoms with E-state index in [4.69, 9.17) is 4.74 Å². The molecule has 0 spiro atoms. The van der Waals surface area contributed by atoms with Crippen LogP contribution in [0.2, 0.25) is 0 Å². The molecule has 0 bridgehead atoms. The van der Waals surface area contributed by atoms with Gasteiger partial charge < -0.3 is 10.2 Å². The average Bonchev–Trinajstić information content (AvgIpc) is 2.42. The van der Waals surface area contributed by atoms with Gasteiger partial charge in [0.25, 0.3) is 0 Å². The van der Waals surface area contributed by atoms with Crippen LogP contribution in [-0.4, -0.2) is 24.3 Å². The maximum absolute atomic E-state index is 11.4. The van der Waals surface area contributed by atoms with Crippen molar-refractivity contribution in [2.75, 3.05) is 19.1 Å². The predicted octanol–water partition coefficient (Wildman–Crippen LogP) is 0.568. The number of esters is 1. The number of thiazole rings is 1. The quantitative estimate of drug-likeness (QED) is 0.750. The first-order valence-corrected chi connectivity index (χ1v) is 5.00. The summed E-state index contributed by atoms with van der Waals surface area (Å²) in [4.78, 5) is 22.8. The largest absolute Gasteiger partial charge is 0.462 e. The van der Waals surface area contributed by atoms with Crippen LogP contribution in [0.5, 0.6) is 0 Å². The van der Waals surface area contributed by atoms with Crippen molar-refractivity contribution >= 4 is 17.3 Å². The first-order chi connectivity index (χ1) is 6.61. The number of carbonyl (C=O) groups excluding carboxylic acids is 1. The predicted molar refractivity (Wildman–Crippen MR) is 54.6 cm³/mol. The molecular weight excluding hydrogens is 204 g/mol. The van der Waals surface area contributed by atoms with E-state index in [-0.39, 0.29) is 4.87 Å². The summed E-state index contributed by atoms with van der Waals surface area (Å²) in [7, 11) is 1.62. The number of aromatic nitrogens is 1. The fourth-order valence-electron chi connectivity index (χ4n) is 1.09. The lowest BCUT2D eigenvalue weighted by molar-refractivity contribution is 0.0530. The fraction of sp³-hybridized carbons (Fsp3) is 0.500. The van der Waals surface area contributed by atoms with Gasteiger partial charge in [-0.25, -0.2) is 9.47 Å². The van der Waals surface area contributed by atoms with Crippen molar-refractivity contribution in [2.45, 2.75) is 13.8 Å². The zero-order chi connectivity index (χ0) is 10.7. The zero-order valence-electron chi connectivity index (χ0n) is 8.29. The molecular formula is C8H12N2O3S. The Morgan fingerprint density at radius 2 is 2.29 bits per heavy atom. The molecule has 6 heteroatoms. The van der Waals surface area contributed by atoms with Crippen LogP contribution in [0, 0.1) is 6.92 Å². The summed E-state index contributed by atoms with van der Waals surface area (Å²) in [6.07, 6.45) is 0. The lowest BCUT2D eigenvalue weighted by Gasteiger charge is -2.02. The number of nitrogens with zero attached hydrogens (tertiary/aromatic N) is 1. The van der Waals surface area contributed by atoms with Crippen molar-refractivity contribution in [3.05, 3.63) is 20.2 Å². The van der Waals surface area contributed by atoms with Gasteiger partial charge in [0.1, 0.15) is 4.88 Å². The van der Waals surface area contributed by atoms with Crippen LogP contribution in [0.3, 0.4) is 0 Å². The number of nitrogens with one attached hydrogen (secondary N) is 1. The highest BCUT2D eigenvalue weighted by Gasteiger charge is 2.17. The summed E-state index contributed by atoms with van der Waals surface area (Å²) in [6.45, 7) is 3.73. The van der Waals surface area contributed by atoms with Crippen molar-refractivity contribution in [1.82, 2.24) is 4.68 Å². The minimum Gasteiger partial charge on any atom is -0.462 e. The standard InChI is InChI=1S/C8H12N2O3S/c1-4-13-7(11)6-5(2)10(9-3)8(12)14-6/h9H,4H2,1-3H3. The summed E-state index contributed by atoms with van der Waals surface area (Å²) in [5, 5.41) is 0. The van der Waals surface area contributed by atoms with Gasteiger partial charge in [-0.05, 0) is 13.8 Å². The number of hydrogen-bond acceptors (Lipinski definition) is 5. The van der Waals surface area contributed by atoms with Gasteiger partial charge in [-0.3, -0.25) is 4.79 Å². The van der Waals surface area contributed by atoms with E-state index in [1.165, 1.54) is 4.68 Å². The molecule has 0 unspecified atom stereocenters. The Kier molecular flexibility index (Phi) is 3.29. The normalized spacial score (nSPS) is 9.93. The third kappa shape index (κ3) is 1.79. The molecule has 0 aliphatic heterocycles. The topological polar surface area (TPSA) is 60.3 Å². The van der Waals surface area contributed by atoms with E-state index in [2.05, 4.69) is 5.43 Å². The highest BCUT2D eigenvalue weighted by atomic mass is 32.1. The van der Waals surface area contributed by atoms with Crippen LogP contribution in [0.15, 0.2) is 4.79 Å². The van der Waals surface area contributed by atoms with Crippen molar-refractivity contribution in [3.8, 4) is 0 Å². The Balaban J connectivity index is 3.11. The molecule has 1 aromatic heterocycles. The highest BCUT2D eigenvalue weighted by Crippen LogP contribution is 2.11. The SMILES string of the molecule is CCOC(=O)c1sc(=O)n(NC)c1C. The molecule has 5 nitrogen and oxygen atoms in total. The number of hydrogen-bond donors (Lipinski definition) is 1. The van der Waals surface area contributed by atoms with Gasteiger partial charge in [-0.1, -0.05) is 11.3 Å². The molecule has 14 heavy (non-hydrogen) atoms. The van der Waals surface area contributed by atoms with Gasteiger partial charge in [0.2, 0.25) is 0 Å². The Bertz CT molecular complexity index is 394. The molecule has 1 heterocycles. The van der Waals surface area contributed by atoms with Gasteiger partial charge in [-0.2, -0.15) is 0 Å². The maximum atomic E-state index is 11.4. The van der Waals surface area contributed by atoms with Crippen LogP contribution in [0.1, 0.15) is 22.3 Å². The fourth-order valence-corrected chi connectivity index (χ4v) is 1.97. The molecule has 0 radical (unpaired) electrons. The minimum absolute atomic E-state index is 0.215. The number of carbonyl (C=O) groups is 1. The smallest absolute Gasteiger partial charge is 0.350 e. The third-order valence-electron chi connectivity index (χ3n) is 1.72. The van der Waals surface area contributed by atoms with Crippen molar-refractivity contribution in [1.29, 1.82) is 0 Å². The number of ether oxygens (including phenoxy) is 1. The van der Waals surface area contributed by atoms with E-state index in [1.807, 2.05) is 0 Å². The van der Waals surface area contributed by atoms with Gasteiger partial charge in [0, 0.05) is 7.05 Å². The third-order valence-corrected chi connectivity index (χ3v) is 2.74. The lowest BCUT2D eigenvalue weighted by atomic mass is 10.4. The molecule has 78 valence electrons. The molecule has 0 aliphatic carbocycles. The van der Waals surface area contributed by atoms with Gasteiger partial charge in [-0.15, -0.1) is 0 Å². The first kappa shape index (κ1) is 10.8. The Morgan fingerprint density at radius 3 is 2.71 bits per heavy atom. The minimum atomic E-state index is -0.443. The average molecular weight is 216 g/mol. The summed E-state index contributed by atoms with van der Waals surface area (Å²) < 4.78 is 6.13. The molecule has 0 aliphatic rings. The number of rotatable bonds is 3. The summed E-state index contributed by atoms with van der Waals surface area (Å²) in [5.41, 5.74) is 3.27. The second-order valence-corrected chi connectivity index (χ2v) is 3.52. The van der Waals surface area contributed by atoms with E-state index < -0.39 is 5.97 Å². The van der Waals surface area contributed by atoms with Gasteiger partial charge in [0.15, 0.2) is 0 Å². The molecule has 1 aromatic rings. The van der Waals surface area contributed by atoms with E-state index in [0.717, 1.165) is 11.3 Å². The molecule has 0 aromatic carbocycles. The van der Waals surface area contributed by atoms with Crippen LogP contribution < -0.4 is 10.3 Å². The van der Waals surface area contributed by atoms with Crippen molar-refractivity contribution in [3.63, 3.8) is 0 Å². The molecule has 0 saturated heterocycles.